The summed E-state index contributed by atoms with van der Waals surface area (Å²) in [5, 5.41) is 0. The van der Waals surface area contributed by atoms with E-state index in [9.17, 15) is 0 Å². The third-order valence-electron chi connectivity index (χ3n) is 0. The van der Waals surface area contributed by atoms with Crippen LogP contribution in [0.4, 0.5) is 0 Å². The molecular weight excluding hydrogens is 224 g/mol. The molecule has 0 aromatic rings. The molecule has 0 heterocycles. The van der Waals surface area contributed by atoms with Gasteiger partial charge in [0.15, 0.2) is 0 Å². The first kappa shape index (κ1) is 9.92. The van der Waals surface area contributed by atoms with E-state index in [4.69, 9.17) is 15.9 Å². The number of rotatable bonds is 0. The first-order valence-electron chi connectivity index (χ1n) is 0.667. The summed E-state index contributed by atoms with van der Waals surface area (Å²) in [6.45, 7) is 0. The van der Waals surface area contributed by atoms with Gasteiger partial charge in [-0.2, -0.15) is 0 Å². The molecule has 0 aliphatic rings. The fraction of sp³-hybridized carbons (Fsp3) is 0. The second kappa shape index (κ2) is 2.88. The van der Waals surface area contributed by atoms with Gasteiger partial charge in [-0.15, -0.1) is 0 Å². The average molecular weight is 224 g/mol. The van der Waals surface area contributed by atoms with Crippen LogP contribution in [0.2, 0.25) is 0 Å². The van der Waals surface area contributed by atoms with Gasteiger partial charge in [-0.05, 0) is 0 Å². The van der Waals surface area contributed by atoms with E-state index >= 15 is 0 Å². The van der Waals surface area contributed by atoms with Crippen molar-refractivity contribution in [2.24, 2.45) is 0 Å². The first-order valence-corrected chi connectivity index (χ1v) is 2.75. The Morgan fingerprint density at radius 1 is 1.17 bits per heavy atom. The molecule has 0 unspecified atom stereocenters. The van der Waals surface area contributed by atoms with Crippen LogP contribution in [0.5, 0.6) is 0 Å². The Kier molecular flexibility index (Phi) is 4.77. The van der Waals surface area contributed by atoms with Gasteiger partial charge in [-0.3, -0.25) is 0 Å². The van der Waals surface area contributed by atoms with Crippen LogP contribution in [-0.2, 0) is 43.6 Å². The van der Waals surface area contributed by atoms with Crippen molar-refractivity contribution in [3.63, 3.8) is 0 Å². The molecular formula is AgCrO4-2. The molecule has 0 amide bonds. The average Bonchev–Trinajstić information content (AvgIpc) is 0.722. The van der Waals surface area contributed by atoms with E-state index in [1.165, 1.54) is 0 Å². The molecule has 43 valence electrons. The number of hydrogen-bond acceptors (Lipinski definition) is 4. The molecule has 0 saturated heterocycles. The third-order valence-corrected chi connectivity index (χ3v) is 0. The number of hydrogen-bond donors (Lipinski definition) is 0. The molecule has 0 rings (SSSR count). The van der Waals surface area contributed by atoms with Crippen LogP contribution in [-0.4, -0.2) is 0 Å². The summed E-state index contributed by atoms with van der Waals surface area (Å²) in [5.74, 6) is 0. The zero-order valence-electron chi connectivity index (χ0n) is 2.34. The zero-order valence-corrected chi connectivity index (χ0v) is 5.10. The summed E-state index contributed by atoms with van der Waals surface area (Å²) in [6, 6.07) is 0. The molecule has 0 aromatic carbocycles. The van der Waals surface area contributed by atoms with Gasteiger partial charge < -0.3 is 0 Å². The van der Waals surface area contributed by atoms with Gasteiger partial charge in [0.1, 0.15) is 0 Å². The first-order chi connectivity index (χ1) is 2.00. The summed E-state index contributed by atoms with van der Waals surface area (Å²) in [4.78, 5) is 0. The summed E-state index contributed by atoms with van der Waals surface area (Å²) >= 11 is -5.75. The minimum atomic E-state index is -5.75. The van der Waals surface area contributed by atoms with Crippen molar-refractivity contribution >= 4 is 0 Å². The molecule has 0 bridgehead atoms. The Bertz CT molecular complexity index is 90.7. The predicted octanol–water partition coefficient (Wildman–Crippen LogP) is -2.62. The maximum absolute atomic E-state index is 8.59. The Labute approximate surface area is 52.1 Å². The van der Waals surface area contributed by atoms with Crippen LogP contribution in [0.3, 0.4) is 0 Å². The van der Waals surface area contributed by atoms with Crippen LogP contribution < -0.4 is 8.32 Å². The SMILES string of the molecule is [Ag].[O]=[Cr](=[O])([O-])[O-]. The van der Waals surface area contributed by atoms with Gasteiger partial charge in [0.2, 0.25) is 0 Å². The van der Waals surface area contributed by atoms with E-state index in [0.717, 1.165) is 0 Å². The molecule has 6 heavy (non-hydrogen) atoms. The van der Waals surface area contributed by atoms with Crippen molar-refractivity contribution < 1.29 is 51.9 Å². The molecule has 6 heteroatoms. The van der Waals surface area contributed by atoms with Crippen molar-refractivity contribution in [1.29, 1.82) is 0 Å². The second-order valence-electron chi connectivity index (χ2n) is 0.408. The molecule has 1 radical (unpaired) electrons. The monoisotopic (exact) mass is 223 g/mol. The van der Waals surface area contributed by atoms with Gasteiger partial charge in [0.25, 0.3) is 0 Å². The van der Waals surface area contributed by atoms with Crippen LogP contribution in [0.1, 0.15) is 0 Å². The Morgan fingerprint density at radius 3 is 1.17 bits per heavy atom. The van der Waals surface area contributed by atoms with Crippen molar-refractivity contribution in [3.05, 3.63) is 0 Å². The fourth-order valence-corrected chi connectivity index (χ4v) is 0. The van der Waals surface area contributed by atoms with Crippen molar-refractivity contribution in [1.82, 2.24) is 0 Å². The third kappa shape index (κ3) is 110. The zero-order chi connectivity index (χ0) is 4.50. The van der Waals surface area contributed by atoms with Gasteiger partial charge >= 0.3 is 29.5 Å². The Hall–Kier alpha value is 0.793. The van der Waals surface area contributed by atoms with E-state index in [1.807, 2.05) is 0 Å². The predicted molar refractivity (Wildman–Crippen MR) is 1.37 cm³/mol. The molecule has 0 atom stereocenters. The maximum atomic E-state index is 8.59. The summed E-state index contributed by atoms with van der Waals surface area (Å²) in [5.41, 5.74) is 0. The molecule has 0 fully saturated rings. The van der Waals surface area contributed by atoms with Crippen LogP contribution in [0.25, 0.3) is 0 Å². The Balaban J connectivity index is 0. The van der Waals surface area contributed by atoms with E-state index in [2.05, 4.69) is 0 Å². The molecule has 4 nitrogen and oxygen atoms in total. The summed E-state index contributed by atoms with van der Waals surface area (Å²) < 4.78 is 34.4. The quantitative estimate of drug-likeness (QED) is 0.422. The van der Waals surface area contributed by atoms with Gasteiger partial charge in [0, 0.05) is 22.4 Å². The standard InChI is InChI=1S/Ag.Cr.4O/q;;;;2*-1. The van der Waals surface area contributed by atoms with Gasteiger partial charge in [-0.1, -0.05) is 0 Å². The molecule has 0 aliphatic heterocycles. The Morgan fingerprint density at radius 2 is 1.17 bits per heavy atom. The van der Waals surface area contributed by atoms with E-state index in [0.29, 0.717) is 0 Å². The van der Waals surface area contributed by atoms with Crippen molar-refractivity contribution in [2.75, 3.05) is 0 Å². The molecule has 0 spiro atoms. The van der Waals surface area contributed by atoms with Crippen LogP contribution in [0, 0.1) is 0 Å². The van der Waals surface area contributed by atoms with E-state index in [1.54, 1.807) is 0 Å². The second-order valence-corrected chi connectivity index (χ2v) is 1.68. The van der Waals surface area contributed by atoms with Gasteiger partial charge in [0.05, 0.1) is 0 Å². The molecule has 0 aliphatic carbocycles. The van der Waals surface area contributed by atoms with Crippen LogP contribution >= 0.6 is 0 Å². The van der Waals surface area contributed by atoms with Crippen molar-refractivity contribution in [3.8, 4) is 0 Å². The van der Waals surface area contributed by atoms with E-state index < -0.39 is 13.6 Å². The van der Waals surface area contributed by atoms with E-state index in [-0.39, 0.29) is 22.4 Å². The molecule has 0 saturated carbocycles. The normalized spacial score (nSPS) is 9.67. The van der Waals surface area contributed by atoms with Crippen LogP contribution in [0.15, 0.2) is 0 Å². The summed E-state index contributed by atoms with van der Waals surface area (Å²) in [6.07, 6.45) is 0. The minimum absolute atomic E-state index is 0. The fourth-order valence-electron chi connectivity index (χ4n) is 0. The molecule has 0 N–H and O–H groups in total. The topological polar surface area (TPSA) is 80.3 Å². The van der Waals surface area contributed by atoms with Crippen molar-refractivity contribution in [2.45, 2.75) is 0 Å². The molecule has 0 aromatic heterocycles. The summed E-state index contributed by atoms with van der Waals surface area (Å²) in [7, 11) is 0. The van der Waals surface area contributed by atoms with Gasteiger partial charge in [-0.25, -0.2) is 0 Å².